The van der Waals surface area contributed by atoms with Gasteiger partial charge in [-0.2, -0.15) is 0 Å². The monoisotopic (exact) mass is 277 g/mol. The van der Waals surface area contributed by atoms with E-state index in [0.29, 0.717) is 11.4 Å². The van der Waals surface area contributed by atoms with Crippen LogP contribution in [0.2, 0.25) is 5.02 Å². The minimum Gasteiger partial charge on any atom is -0.324 e. The molecule has 0 fully saturated rings. The Hall–Kier alpha value is -1.16. The van der Waals surface area contributed by atoms with E-state index in [-0.39, 0.29) is 6.04 Å². The molecule has 2 atom stereocenters. The van der Waals surface area contributed by atoms with Gasteiger partial charge in [0, 0.05) is 20.9 Å². The summed E-state index contributed by atoms with van der Waals surface area (Å²) in [5, 5.41) is 0.656. The van der Waals surface area contributed by atoms with Gasteiger partial charge in [0.25, 0.3) is 0 Å². The van der Waals surface area contributed by atoms with E-state index < -0.39 is 10.8 Å². The number of fused-ring (bicyclic) bond motifs is 2. The maximum Gasteiger partial charge on any atom is 0.0855 e. The first-order chi connectivity index (χ1) is 8.66. The number of benzene rings is 2. The average Bonchev–Trinajstić information content (AvgIpc) is 2.47. The Morgan fingerprint density at radius 3 is 2.78 bits per heavy atom. The summed E-state index contributed by atoms with van der Waals surface area (Å²) in [6, 6.07) is 13.0. The first-order valence-electron chi connectivity index (χ1n) is 5.71. The lowest BCUT2D eigenvalue weighted by atomic mass is 10.00. The fourth-order valence-electron chi connectivity index (χ4n) is 2.31. The lowest BCUT2D eigenvalue weighted by Gasteiger charge is -2.11. The maximum absolute atomic E-state index is 12.6. The van der Waals surface area contributed by atoms with E-state index in [1.807, 2.05) is 36.4 Å². The molecule has 3 rings (SSSR count). The van der Waals surface area contributed by atoms with Crippen LogP contribution < -0.4 is 5.73 Å². The largest absolute Gasteiger partial charge is 0.324 e. The van der Waals surface area contributed by atoms with Gasteiger partial charge < -0.3 is 5.73 Å². The molecule has 0 bridgehead atoms. The third kappa shape index (κ3) is 1.88. The molecule has 4 heteroatoms. The highest BCUT2D eigenvalue weighted by Gasteiger charge is 2.24. The molecule has 2 aromatic carbocycles. The molecule has 0 radical (unpaired) electrons. The SMILES string of the molecule is N[C@@H]1Cc2cc(Cl)ccc2[S@@](=O)c2ccccc21. The highest BCUT2D eigenvalue weighted by molar-refractivity contribution is 7.85. The van der Waals surface area contributed by atoms with Crippen molar-refractivity contribution in [2.45, 2.75) is 22.3 Å². The molecule has 0 unspecified atom stereocenters. The van der Waals surface area contributed by atoms with Gasteiger partial charge in [-0.05, 0) is 41.8 Å². The molecule has 2 nitrogen and oxygen atoms in total. The van der Waals surface area contributed by atoms with Gasteiger partial charge in [-0.1, -0.05) is 29.8 Å². The molecular weight excluding hydrogens is 266 g/mol. The van der Waals surface area contributed by atoms with E-state index in [2.05, 4.69) is 0 Å². The lowest BCUT2D eigenvalue weighted by molar-refractivity contribution is 0.682. The van der Waals surface area contributed by atoms with Crippen molar-refractivity contribution in [3.63, 3.8) is 0 Å². The first kappa shape index (κ1) is 11.9. The molecule has 0 amide bonds. The molecule has 18 heavy (non-hydrogen) atoms. The molecular formula is C14H12ClNOS. The van der Waals surface area contributed by atoms with Crippen molar-refractivity contribution in [2.24, 2.45) is 5.73 Å². The minimum atomic E-state index is -1.18. The van der Waals surface area contributed by atoms with Gasteiger partial charge in [-0.15, -0.1) is 0 Å². The molecule has 2 aromatic rings. The molecule has 0 aromatic heterocycles. The van der Waals surface area contributed by atoms with Crippen LogP contribution in [0.1, 0.15) is 17.2 Å². The third-order valence-corrected chi connectivity index (χ3v) is 4.98. The summed E-state index contributed by atoms with van der Waals surface area (Å²) in [5.41, 5.74) is 8.13. The average molecular weight is 278 g/mol. The number of hydrogen-bond donors (Lipinski definition) is 1. The highest BCUT2D eigenvalue weighted by atomic mass is 35.5. The Morgan fingerprint density at radius 2 is 1.94 bits per heavy atom. The predicted octanol–water partition coefficient (Wildman–Crippen LogP) is 3.06. The van der Waals surface area contributed by atoms with Crippen molar-refractivity contribution in [3.8, 4) is 0 Å². The molecule has 92 valence electrons. The van der Waals surface area contributed by atoms with Crippen molar-refractivity contribution in [3.05, 3.63) is 58.6 Å². The van der Waals surface area contributed by atoms with Crippen molar-refractivity contribution < 1.29 is 4.21 Å². The molecule has 1 aliphatic rings. The van der Waals surface area contributed by atoms with Gasteiger partial charge in [0.2, 0.25) is 0 Å². The second kappa shape index (κ2) is 4.50. The summed E-state index contributed by atoms with van der Waals surface area (Å²) >= 11 is 6.00. The zero-order valence-electron chi connectivity index (χ0n) is 9.60. The molecule has 0 saturated heterocycles. The van der Waals surface area contributed by atoms with Crippen LogP contribution in [-0.2, 0) is 17.2 Å². The summed E-state index contributed by atoms with van der Waals surface area (Å²) in [6.07, 6.45) is 0.665. The van der Waals surface area contributed by atoms with Gasteiger partial charge >= 0.3 is 0 Å². The Labute approximate surface area is 113 Å². The minimum absolute atomic E-state index is 0.134. The van der Waals surface area contributed by atoms with Crippen LogP contribution in [0.4, 0.5) is 0 Å². The van der Waals surface area contributed by atoms with E-state index in [4.69, 9.17) is 17.3 Å². The third-order valence-electron chi connectivity index (χ3n) is 3.18. The summed E-state index contributed by atoms with van der Waals surface area (Å²) in [6.45, 7) is 0. The summed E-state index contributed by atoms with van der Waals surface area (Å²) in [4.78, 5) is 1.63. The van der Waals surface area contributed by atoms with Crippen LogP contribution in [0.15, 0.2) is 52.3 Å². The van der Waals surface area contributed by atoms with Crippen LogP contribution in [0.5, 0.6) is 0 Å². The van der Waals surface area contributed by atoms with Gasteiger partial charge in [0.15, 0.2) is 0 Å². The van der Waals surface area contributed by atoms with Crippen molar-refractivity contribution in [2.75, 3.05) is 0 Å². The zero-order valence-corrected chi connectivity index (χ0v) is 11.2. The summed E-state index contributed by atoms with van der Waals surface area (Å²) < 4.78 is 12.6. The second-order valence-electron chi connectivity index (χ2n) is 4.37. The van der Waals surface area contributed by atoms with Gasteiger partial charge in [0.1, 0.15) is 0 Å². The van der Waals surface area contributed by atoms with Crippen molar-refractivity contribution in [1.29, 1.82) is 0 Å². The first-order valence-corrected chi connectivity index (χ1v) is 7.24. The Balaban J connectivity index is 2.25. The number of rotatable bonds is 0. The molecule has 1 aliphatic heterocycles. The quantitative estimate of drug-likeness (QED) is 0.804. The van der Waals surface area contributed by atoms with Crippen LogP contribution in [0.25, 0.3) is 0 Å². The van der Waals surface area contributed by atoms with Crippen molar-refractivity contribution >= 4 is 22.4 Å². The highest BCUT2D eigenvalue weighted by Crippen LogP contribution is 2.33. The Bertz CT molecular complexity index is 641. The Kier molecular flexibility index (Phi) is 2.98. The van der Waals surface area contributed by atoms with Crippen LogP contribution in [0.3, 0.4) is 0 Å². The van der Waals surface area contributed by atoms with E-state index in [1.165, 1.54) is 0 Å². The summed E-state index contributed by atoms with van der Waals surface area (Å²) in [7, 11) is -1.18. The fourth-order valence-corrected chi connectivity index (χ4v) is 3.95. The molecule has 1 heterocycles. The Morgan fingerprint density at radius 1 is 1.17 bits per heavy atom. The zero-order chi connectivity index (χ0) is 12.7. The summed E-state index contributed by atoms with van der Waals surface area (Å²) in [5.74, 6) is 0. The lowest BCUT2D eigenvalue weighted by Crippen LogP contribution is -2.13. The standard InChI is InChI=1S/C14H12ClNOS/c15-10-5-6-13-9(7-10)8-12(16)11-3-1-2-4-14(11)18(13)17/h1-7,12H,8,16H2/t12-,18-/m1/s1. The van der Waals surface area contributed by atoms with Gasteiger partial charge in [0.05, 0.1) is 10.8 Å². The smallest absolute Gasteiger partial charge is 0.0855 e. The second-order valence-corrected chi connectivity index (χ2v) is 6.22. The fraction of sp³-hybridized carbons (Fsp3) is 0.143. The number of nitrogens with two attached hydrogens (primary N) is 1. The van der Waals surface area contributed by atoms with E-state index in [0.717, 1.165) is 20.9 Å². The van der Waals surface area contributed by atoms with Crippen molar-refractivity contribution in [1.82, 2.24) is 0 Å². The topological polar surface area (TPSA) is 43.1 Å². The van der Waals surface area contributed by atoms with Gasteiger partial charge in [-0.3, -0.25) is 0 Å². The van der Waals surface area contributed by atoms with Crippen LogP contribution in [-0.4, -0.2) is 4.21 Å². The van der Waals surface area contributed by atoms with E-state index in [1.54, 1.807) is 6.07 Å². The van der Waals surface area contributed by atoms with E-state index >= 15 is 0 Å². The maximum atomic E-state index is 12.6. The van der Waals surface area contributed by atoms with Crippen LogP contribution >= 0.6 is 11.6 Å². The molecule has 0 spiro atoms. The van der Waals surface area contributed by atoms with E-state index in [9.17, 15) is 4.21 Å². The molecule has 2 N–H and O–H groups in total. The molecule has 0 aliphatic carbocycles. The van der Waals surface area contributed by atoms with Gasteiger partial charge in [-0.25, -0.2) is 4.21 Å². The number of halogens is 1. The predicted molar refractivity (Wildman–Crippen MR) is 73.2 cm³/mol. The van der Waals surface area contributed by atoms with Crippen LogP contribution in [0, 0.1) is 0 Å². The molecule has 0 saturated carbocycles. The number of hydrogen-bond acceptors (Lipinski definition) is 2. The normalized spacial score (nSPS) is 21.9.